The summed E-state index contributed by atoms with van der Waals surface area (Å²) in [4.78, 5) is 0. The second-order valence-electron chi connectivity index (χ2n) is 6.32. The summed E-state index contributed by atoms with van der Waals surface area (Å²) in [6, 6.07) is 8.46. The van der Waals surface area contributed by atoms with E-state index in [1.807, 2.05) is 10.9 Å². The molecule has 1 aromatic heterocycles. The normalized spacial score (nSPS) is 11.8. The number of rotatable bonds is 6. The highest BCUT2D eigenvalue weighted by Gasteiger charge is 2.13. The van der Waals surface area contributed by atoms with Crippen molar-refractivity contribution in [3.05, 3.63) is 53.3 Å². The third-order valence-corrected chi connectivity index (χ3v) is 3.28. The fourth-order valence-corrected chi connectivity index (χ4v) is 2.17. The molecule has 0 amide bonds. The maximum atomic E-state index is 5.16. The standard InChI is InChI=1S/C17H25N3O/c1-17(2,3)20-12-16(11-19-20)10-18-9-14-6-5-7-15(8-14)13-21-4/h5-8,11-12,18H,9-10,13H2,1-4H3. The van der Waals surface area contributed by atoms with E-state index in [4.69, 9.17) is 4.74 Å². The van der Waals surface area contributed by atoms with Crippen molar-refractivity contribution in [3.8, 4) is 0 Å². The summed E-state index contributed by atoms with van der Waals surface area (Å²) in [5.74, 6) is 0. The van der Waals surface area contributed by atoms with Gasteiger partial charge in [0.05, 0.1) is 18.3 Å². The van der Waals surface area contributed by atoms with Gasteiger partial charge in [-0.15, -0.1) is 0 Å². The van der Waals surface area contributed by atoms with Crippen LogP contribution >= 0.6 is 0 Å². The molecular formula is C17H25N3O. The van der Waals surface area contributed by atoms with Crippen LogP contribution in [0.2, 0.25) is 0 Å². The average molecular weight is 287 g/mol. The summed E-state index contributed by atoms with van der Waals surface area (Å²) >= 11 is 0. The van der Waals surface area contributed by atoms with Gasteiger partial charge in [0, 0.05) is 32.0 Å². The third kappa shape index (κ3) is 4.69. The van der Waals surface area contributed by atoms with Gasteiger partial charge in [0.2, 0.25) is 0 Å². The predicted octanol–water partition coefficient (Wildman–Crippen LogP) is 3.07. The topological polar surface area (TPSA) is 39.1 Å². The maximum absolute atomic E-state index is 5.16. The van der Waals surface area contributed by atoms with E-state index in [0.29, 0.717) is 6.61 Å². The fourth-order valence-electron chi connectivity index (χ4n) is 2.17. The summed E-state index contributed by atoms with van der Waals surface area (Å²) in [5.41, 5.74) is 3.72. The van der Waals surface area contributed by atoms with Gasteiger partial charge in [-0.2, -0.15) is 5.10 Å². The van der Waals surface area contributed by atoms with E-state index in [2.05, 4.69) is 61.6 Å². The van der Waals surface area contributed by atoms with E-state index in [-0.39, 0.29) is 5.54 Å². The highest BCUT2D eigenvalue weighted by molar-refractivity contribution is 5.23. The molecule has 0 aliphatic rings. The van der Waals surface area contributed by atoms with Crippen LogP contribution in [0, 0.1) is 0 Å². The Morgan fingerprint density at radius 3 is 2.52 bits per heavy atom. The Labute approximate surface area is 127 Å². The number of nitrogens with one attached hydrogen (secondary N) is 1. The van der Waals surface area contributed by atoms with E-state index in [0.717, 1.165) is 13.1 Å². The van der Waals surface area contributed by atoms with E-state index in [1.165, 1.54) is 16.7 Å². The first-order valence-corrected chi connectivity index (χ1v) is 7.30. The molecule has 0 saturated carbocycles. The monoisotopic (exact) mass is 287 g/mol. The minimum atomic E-state index is 0.0345. The van der Waals surface area contributed by atoms with Crippen molar-refractivity contribution >= 4 is 0 Å². The van der Waals surface area contributed by atoms with Gasteiger partial charge in [-0.1, -0.05) is 24.3 Å². The molecule has 0 aliphatic heterocycles. The summed E-state index contributed by atoms with van der Waals surface area (Å²) in [6.45, 7) is 8.78. The molecule has 0 fully saturated rings. The molecule has 4 nitrogen and oxygen atoms in total. The first-order valence-electron chi connectivity index (χ1n) is 7.30. The lowest BCUT2D eigenvalue weighted by Gasteiger charge is -2.18. The van der Waals surface area contributed by atoms with Gasteiger partial charge in [-0.25, -0.2) is 0 Å². The van der Waals surface area contributed by atoms with Gasteiger partial charge in [0.15, 0.2) is 0 Å². The van der Waals surface area contributed by atoms with Crippen molar-refractivity contribution in [2.45, 2.75) is 46.0 Å². The van der Waals surface area contributed by atoms with Crippen molar-refractivity contribution in [2.24, 2.45) is 0 Å². The Kier molecular flexibility index (Phi) is 5.15. The average Bonchev–Trinajstić information content (AvgIpc) is 2.88. The molecule has 1 N–H and O–H groups in total. The minimum Gasteiger partial charge on any atom is -0.380 e. The molecule has 1 heterocycles. The quantitative estimate of drug-likeness (QED) is 0.887. The molecule has 2 rings (SSSR count). The van der Waals surface area contributed by atoms with E-state index >= 15 is 0 Å². The van der Waals surface area contributed by atoms with Crippen LogP contribution in [0.5, 0.6) is 0 Å². The predicted molar refractivity (Wildman–Crippen MR) is 84.9 cm³/mol. The van der Waals surface area contributed by atoms with Crippen molar-refractivity contribution in [1.82, 2.24) is 15.1 Å². The molecular weight excluding hydrogens is 262 g/mol. The van der Waals surface area contributed by atoms with Gasteiger partial charge in [0.25, 0.3) is 0 Å². The molecule has 0 unspecified atom stereocenters. The Morgan fingerprint density at radius 2 is 1.86 bits per heavy atom. The molecule has 21 heavy (non-hydrogen) atoms. The van der Waals surface area contributed by atoms with Crippen LogP contribution in [0.3, 0.4) is 0 Å². The van der Waals surface area contributed by atoms with Crippen LogP contribution in [0.4, 0.5) is 0 Å². The van der Waals surface area contributed by atoms with Crippen LogP contribution in [-0.2, 0) is 30.0 Å². The second-order valence-corrected chi connectivity index (χ2v) is 6.32. The van der Waals surface area contributed by atoms with Crippen LogP contribution in [0.25, 0.3) is 0 Å². The lowest BCUT2D eigenvalue weighted by Crippen LogP contribution is -2.22. The lowest BCUT2D eigenvalue weighted by molar-refractivity contribution is 0.185. The summed E-state index contributed by atoms with van der Waals surface area (Å²) in [6.07, 6.45) is 4.04. The first-order chi connectivity index (χ1) is 9.99. The molecule has 1 aromatic carbocycles. The Morgan fingerprint density at radius 1 is 1.14 bits per heavy atom. The SMILES string of the molecule is COCc1cccc(CNCc2cnn(C(C)(C)C)c2)c1. The van der Waals surface area contributed by atoms with Crippen LogP contribution < -0.4 is 5.32 Å². The Hall–Kier alpha value is -1.65. The largest absolute Gasteiger partial charge is 0.380 e. The number of nitrogens with zero attached hydrogens (tertiary/aromatic N) is 2. The number of aromatic nitrogens is 2. The number of methoxy groups -OCH3 is 1. The van der Waals surface area contributed by atoms with Crippen LogP contribution in [0.1, 0.15) is 37.5 Å². The van der Waals surface area contributed by atoms with Gasteiger partial charge in [-0.3, -0.25) is 4.68 Å². The molecule has 0 atom stereocenters. The second kappa shape index (κ2) is 6.87. The zero-order valence-electron chi connectivity index (χ0n) is 13.4. The highest BCUT2D eigenvalue weighted by atomic mass is 16.5. The van der Waals surface area contributed by atoms with Crippen LogP contribution in [-0.4, -0.2) is 16.9 Å². The van der Waals surface area contributed by atoms with Gasteiger partial charge in [-0.05, 0) is 31.9 Å². The summed E-state index contributed by atoms with van der Waals surface area (Å²) in [7, 11) is 1.72. The van der Waals surface area contributed by atoms with Gasteiger partial charge < -0.3 is 10.1 Å². The van der Waals surface area contributed by atoms with Crippen molar-refractivity contribution in [1.29, 1.82) is 0 Å². The molecule has 0 aliphatic carbocycles. The number of benzene rings is 1. The number of hydrogen-bond acceptors (Lipinski definition) is 3. The fraction of sp³-hybridized carbons (Fsp3) is 0.471. The highest BCUT2D eigenvalue weighted by Crippen LogP contribution is 2.13. The zero-order chi connectivity index (χ0) is 15.3. The van der Waals surface area contributed by atoms with Gasteiger partial charge in [0.1, 0.15) is 0 Å². The molecule has 4 heteroatoms. The third-order valence-electron chi connectivity index (χ3n) is 3.28. The first kappa shape index (κ1) is 15.7. The molecule has 0 saturated heterocycles. The van der Waals surface area contributed by atoms with Gasteiger partial charge >= 0.3 is 0 Å². The van der Waals surface area contributed by atoms with Crippen molar-refractivity contribution in [3.63, 3.8) is 0 Å². The van der Waals surface area contributed by atoms with E-state index < -0.39 is 0 Å². The molecule has 114 valence electrons. The molecule has 0 bridgehead atoms. The minimum absolute atomic E-state index is 0.0345. The number of hydrogen-bond donors (Lipinski definition) is 1. The Balaban J connectivity index is 1.87. The molecule has 0 radical (unpaired) electrons. The van der Waals surface area contributed by atoms with Crippen LogP contribution in [0.15, 0.2) is 36.7 Å². The maximum Gasteiger partial charge on any atom is 0.0713 e. The smallest absolute Gasteiger partial charge is 0.0713 e. The van der Waals surface area contributed by atoms with Crippen molar-refractivity contribution < 1.29 is 4.74 Å². The van der Waals surface area contributed by atoms with E-state index in [9.17, 15) is 0 Å². The molecule has 0 spiro atoms. The molecule has 2 aromatic rings. The Bertz CT molecular complexity index is 569. The van der Waals surface area contributed by atoms with Crippen molar-refractivity contribution in [2.75, 3.05) is 7.11 Å². The van der Waals surface area contributed by atoms with E-state index in [1.54, 1.807) is 7.11 Å². The number of ether oxygens (including phenoxy) is 1. The lowest BCUT2D eigenvalue weighted by atomic mass is 10.1. The summed E-state index contributed by atoms with van der Waals surface area (Å²) in [5, 5.41) is 7.87. The summed E-state index contributed by atoms with van der Waals surface area (Å²) < 4.78 is 7.16. The zero-order valence-corrected chi connectivity index (χ0v) is 13.4.